The summed E-state index contributed by atoms with van der Waals surface area (Å²) in [7, 11) is 1.98. The van der Waals surface area contributed by atoms with Crippen LogP contribution in [-0.2, 0) is 0 Å². The summed E-state index contributed by atoms with van der Waals surface area (Å²) >= 11 is 1.37. The molecule has 1 aromatic heterocycles. The third-order valence-corrected chi connectivity index (χ3v) is 4.04. The first kappa shape index (κ1) is 16.2. The molecule has 1 heterocycles. The molecule has 0 saturated heterocycles. The molecule has 0 aliphatic heterocycles. The van der Waals surface area contributed by atoms with E-state index in [4.69, 9.17) is 0 Å². The highest BCUT2D eigenvalue weighted by molar-refractivity contribution is 7.19. The van der Waals surface area contributed by atoms with Crippen LogP contribution in [0.5, 0.6) is 0 Å². The van der Waals surface area contributed by atoms with Gasteiger partial charge in [-0.3, -0.25) is 5.32 Å². The largest absolute Gasteiger partial charge is 0.350 e. The number of carbonyl (C=O) groups is 1. The van der Waals surface area contributed by atoms with Crippen LogP contribution in [-0.4, -0.2) is 29.8 Å². The Bertz CT molecular complexity index is 628. The smallest absolute Gasteiger partial charge is 0.325 e. The molecule has 1 aromatic carbocycles. The van der Waals surface area contributed by atoms with Crippen molar-refractivity contribution in [2.45, 2.75) is 26.7 Å². The number of carbonyl (C=O) groups excluding carboxylic acids is 1. The second-order valence-corrected chi connectivity index (χ2v) is 6.07. The van der Waals surface area contributed by atoms with Gasteiger partial charge in [0.05, 0.1) is 0 Å². The number of urea groups is 1. The van der Waals surface area contributed by atoms with Crippen molar-refractivity contribution in [2.24, 2.45) is 0 Å². The average Bonchev–Trinajstić information content (AvgIpc) is 2.93. The normalized spacial score (nSPS) is 10.3. The molecular formula is C15H21N5OS. The summed E-state index contributed by atoms with van der Waals surface area (Å²) in [5.41, 5.74) is 1.84. The molecule has 2 aromatic rings. The highest BCUT2D eigenvalue weighted by Crippen LogP contribution is 2.23. The van der Waals surface area contributed by atoms with Crippen LogP contribution in [0.4, 0.5) is 20.7 Å². The molecule has 7 heteroatoms. The van der Waals surface area contributed by atoms with Gasteiger partial charge in [-0.1, -0.05) is 36.8 Å². The summed E-state index contributed by atoms with van der Waals surface area (Å²) in [6.45, 7) is 5.06. The minimum Gasteiger partial charge on any atom is -0.350 e. The van der Waals surface area contributed by atoms with Crippen molar-refractivity contribution in [3.63, 3.8) is 0 Å². The lowest BCUT2D eigenvalue weighted by molar-refractivity contribution is 0.262. The number of hydrogen-bond donors (Lipinski definition) is 2. The Labute approximate surface area is 134 Å². The number of benzene rings is 1. The first-order chi connectivity index (χ1) is 10.6. The van der Waals surface area contributed by atoms with Crippen LogP contribution in [0.15, 0.2) is 24.3 Å². The zero-order valence-electron chi connectivity index (χ0n) is 13.1. The van der Waals surface area contributed by atoms with Gasteiger partial charge in [0.1, 0.15) is 0 Å². The van der Waals surface area contributed by atoms with Gasteiger partial charge in [-0.2, -0.15) is 0 Å². The molecule has 0 spiro atoms. The SMILES string of the molecule is CCCCN(C)c1nnc(NC(=O)Nc2cccc(C)c2)s1. The van der Waals surface area contributed by atoms with E-state index in [0.717, 1.165) is 35.8 Å². The molecule has 6 nitrogen and oxygen atoms in total. The minimum absolute atomic E-state index is 0.315. The third-order valence-electron chi connectivity index (χ3n) is 3.08. The van der Waals surface area contributed by atoms with Gasteiger partial charge < -0.3 is 10.2 Å². The fourth-order valence-electron chi connectivity index (χ4n) is 1.89. The Morgan fingerprint density at radius 2 is 2.14 bits per heavy atom. The summed E-state index contributed by atoms with van der Waals surface area (Å²) in [6.07, 6.45) is 2.24. The zero-order chi connectivity index (χ0) is 15.9. The van der Waals surface area contributed by atoms with Crippen molar-refractivity contribution in [1.29, 1.82) is 0 Å². The van der Waals surface area contributed by atoms with Gasteiger partial charge in [-0.05, 0) is 31.0 Å². The van der Waals surface area contributed by atoms with Gasteiger partial charge in [0, 0.05) is 19.3 Å². The molecule has 2 N–H and O–H groups in total. The van der Waals surface area contributed by atoms with Gasteiger partial charge in [-0.25, -0.2) is 4.79 Å². The van der Waals surface area contributed by atoms with E-state index < -0.39 is 0 Å². The molecule has 0 bridgehead atoms. The van der Waals surface area contributed by atoms with Crippen LogP contribution in [0.1, 0.15) is 25.3 Å². The van der Waals surface area contributed by atoms with Gasteiger partial charge >= 0.3 is 6.03 Å². The first-order valence-corrected chi connectivity index (χ1v) is 8.09. The number of unbranched alkanes of at least 4 members (excludes halogenated alkanes) is 1. The number of aromatic nitrogens is 2. The van der Waals surface area contributed by atoms with Gasteiger partial charge in [0.25, 0.3) is 0 Å². The molecular weight excluding hydrogens is 298 g/mol. The van der Waals surface area contributed by atoms with Gasteiger partial charge in [-0.15, -0.1) is 10.2 Å². The number of aryl methyl sites for hydroxylation is 1. The van der Waals surface area contributed by atoms with E-state index in [1.807, 2.05) is 43.1 Å². The third kappa shape index (κ3) is 4.70. The highest BCUT2D eigenvalue weighted by Gasteiger charge is 2.11. The molecule has 0 saturated carbocycles. The minimum atomic E-state index is -0.315. The van der Waals surface area contributed by atoms with Crippen molar-refractivity contribution in [3.05, 3.63) is 29.8 Å². The molecule has 0 fully saturated rings. The maximum atomic E-state index is 11.9. The number of nitrogens with one attached hydrogen (secondary N) is 2. The molecule has 0 atom stereocenters. The van der Waals surface area contributed by atoms with Crippen LogP contribution in [0.3, 0.4) is 0 Å². The molecule has 2 rings (SSSR count). The van der Waals surface area contributed by atoms with E-state index in [1.165, 1.54) is 11.3 Å². The predicted octanol–water partition coefficient (Wildman–Crippen LogP) is 3.73. The van der Waals surface area contributed by atoms with Crippen LogP contribution in [0.2, 0.25) is 0 Å². The fraction of sp³-hybridized carbons (Fsp3) is 0.400. The van der Waals surface area contributed by atoms with E-state index >= 15 is 0 Å². The second kappa shape index (κ2) is 7.74. The maximum Gasteiger partial charge on any atom is 0.325 e. The maximum absolute atomic E-state index is 11.9. The van der Waals surface area contributed by atoms with Crippen LogP contribution < -0.4 is 15.5 Å². The molecule has 0 aliphatic rings. The molecule has 0 radical (unpaired) electrons. The molecule has 118 valence electrons. The lowest BCUT2D eigenvalue weighted by Gasteiger charge is -2.13. The van der Waals surface area contributed by atoms with Crippen molar-refractivity contribution in [2.75, 3.05) is 29.1 Å². The van der Waals surface area contributed by atoms with Gasteiger partial charge in [0.2, 0.25) is 10.3 Å². The summed E-state index contributed by atoms with van der Waals surface area (Å²) < 4.78 is 0. The van der Waals surface area contributed by atoms with E-state index in [2.05, 4.69) is 27.8 Å². The van der Waals surface area contributed by atoms with E-state index in [9.17, 15) is 4.79 Å². The average molecular weight is 319 g/mol. The standard InChI is InChI=1S/C15H21N5OS/c1-4-5-9-20(3)15-19-18-14(22-15)17-13(21)16-12-8-6-7-11(2)10-12/h6-8,10H,4-5,9H2,1-3H3,(H2,16,17,18,21). The Morgan fingerprint density at radius 1 is 1.32 bits per heavy atom. The van der Waals surface area contributed by atoms with Crippen molar-refractivity contribution < 1.29 is 4.79 Å². The van der Waals surface area contributed by atoms with Crippen LogP contribution in [0.25, 0.3) is 0 Å². The summed E-state index contributed by atoms with van der Waals surface area (Å²) in [6, 6.07) is 7.31. The Kier molecular flexibility index (Phi) is 5.71. The number of anilines is 3. The summed E-state index contributed by atoms with van der Waals surface area (Å²) in [5, 5.41) is 14.9. The zero-order valence-corrected chi connectivity index (χ0v) is 13.9. The molecule has 22 heavy (non-hydrogen) atoms. The molecule has 2 amide bonds. The number of rotatable bonds is 6. The fourth-order valence-corrected chi connectivity index (χ4v) is 2.62. The van der Waals surface area contributed by atoms with Crippen molar-refractivity contribution >= 4 is 33.3 Å². The Morgan fingerprint density at radius 3 is 2.86 bits per heavy atom. The highest BCUT2D eigenvalue weighted by atomic mass is 32.1. The van der Waals surface area contributed by atoms with E-state index in [0.29, 0.717) is 5.13 Å². The summed E-state index contributed by atoms with van der Waals surface area (Å²) in [4.78, 5) is 14.0. The predicted molar refractivity (Wildman–Crippen MR) is 91.9 cm³/mol. The Balaban J connectivity index is 1.90. The van der Waals surface area contributed by atoms with Crippen molar-refractivity contribution in [3.8, 4) is 0 Å². The second-order valence-electron chi connectivity index (χ2n) is 5.11. The topological polar surface area (TPSA) is 70.2 Å². The van der Waals surface area contributed by atoms with E-state index in [-0.39, 0.29) is 6.03 Å². The monoisotopic (exact) mass is 319 g/mol. The first-order valence-electron chi connectivity index (χ1n) is 7.28. The lowest BCUT2D eigenvalue weighted by atomic mass is 10.2. The Hall–Kier alpha value is -2.15. The van der Waals surface area contributed by atoms with Crippen LogP contribution in [0, 0.1) is 6.92 Å². The van der Waals surface area contributed by atoms with Gasteiger partial charge in [0.15, 0.2) is 0 Å². The van der Waals surface area contributed by atoms with E-state index in [1.54, 1.807) is 0 Å². The number of nitrogens with zero attached hydrogens (tertiary/aromatic N) is 3. The summed E-state index contributed by atoms with van der Waals surface area (Å²) in [5.74, 6) is 0. The number of amides is 2. The quantitative estimate of drug-likeness (QED) is 0.851. The molecule has 0 aliphatic carbocycles. The number of hydrogen-bond acceptors (Lipinski definition) is 5. The van der Waals surface area contributed by atoms with Crippen molar-refractivity contribution in [1.82, 2.24) is 10.2 Å². The van der Waals surface area contributed by atoms with Crippen LogP contribution >= 0.6 is 11.3 Å². The lowest BCUT2D eigenvalue weighted by Crippen LogP contribution is -2.19. The molecule has 0 unspecified atom stereocenters.